The van der Waals surface area contributed by atoms with E-state index in [1.54, 1.807) is 0 Å². The Kier molecular flexibility index (Phi) is 3.45. The fourth-order valence-electron chi connectivity index (χ4n) is 1.98. The number of pyridine rings is 1. The summed E-state index contributed by atoms with van der Waals surface area (Å²) < 4.78 is 0. The smallest absolute Gasteiger partial charge is 0.181 e. The highest BCUT2D eigenvalue weighted by Crippen LogP contribution is 2.17. The average molecular weight is 245 g/mol. The Balaban J connectivity index is 2.44. The molecule has 0 unspecified atom stereocenters. The topological polar surface area (TPSA) is 58.6 Å². The molecular weight excluding hydrogens is 226 g/mol. The third kappa shape index (κ3) is 2.42. The molecule has 96 valence electrons. The van der Waals surface area contributed by atoms with Gasteiger partial charge in [0.2, 0.25) is 0 Å². The van der Waals surface area contributed by atoms with Crippen molar-refractivity contribution in [1.82, 2.24) is 15.0 Å². The number of nitrogens with one attached hydrogen (secondary N) is 1. The summed E-state index contributed by atoms with van der Waals surface area (Å²) in [5.74, 6) is 1.35. The highest BCUT2D eigenvalue weighted by atomic mass is 16.1. The molecule has 0 aliphatic carbocycles. The third-order valence-corrected chi connectivity index (χ3v) is 2.92. The van der Waals surface area contributed by atoms with Crippen molar-refractivity contribution >= 4 is 16.9 Å². The van der Waals surface area contributed by atoms with Crippen LogP contribution in [0.1, 0.15) is 49.1 Å². The Morgan fingerprint density at radius 2 is 2.11 bits per heavy atom. The molecule has 1 N–H and O–H groups in total. The number of hydrogen-bond donors (Lipinski definition) is 1. The van der Waals surface area contributed by atoms with Crippen molar-refractivity contribution in [2.24, 2.45) is 5.92 Å². The van der Waals surface area contributed by atoms with Crippen LogP contribution in [0.5, 0.6) is 0 Å². The van der Waals surface area contributed by atoms with Gasteiger partial charge in [0, 0.05) is 12.8 Å². The van der Waals surface area contributed by atoms with Gasteiger partial charge >= 0.3 is 0 Å². The molecule has 0 spiro atoms. The number of aryl methyl sites for hydroxylation is 2. The van der Waals surface area contributed by atoms with E-state index < -0.39 is 0 Å². The van der Waals surface area contributed by atoms with Gasteiger partial charge in [-0.3, -0.25) is 4.79 Å². The summed E-state index contributed by atoms with van der Waals surface area (Å²) in [6.07, 6.45) is 1.37. The van der Waals surface area contributed by atoms with Gasteiger partial charge in [0.15, 0.2) is 11.4 Å². The molecule has 2 aromatic rings. The van der Waals surface area contributed by atoms with Crippen LogP contribution in [-0.2, 0) is 6.42 Å². The Labute approximate surface area is 107 Å². The fraction of sp³-hybridized carbons (Fsp3) is 0.500. The molecule has 4 nitrogen and oxygen atoms in total. The number of fused-ring (bicyclic) bond motifs is 1. The summed E-state index contributed by atoms with van der Waals surface area (Å²) in [7, 11) is 0. The molecule has 2 aromatic heterocycles. The van der Waals surface area contributed by atoms with E-state index in [9.17, 15) is 4.79 Å². The molecule has 0 aromatic carbocycles. The van der Waals surface area contributed by atoms with Crippen LogP contribution >= 0.6 is 0 Å². The third-order valence-electron chi connectivity index (χ3n) is 2.92. The van der Waals surface area contributed by atoms with Gasteiger partial charge in [-0.2, -0.15) is 0 Å². The number of nitrogens with zero attached hydrogens (tertiary/aromatic N) is 2. The van der Waals surface area contributed by atoms with Crippen molar-refractivity contribution in [2.45, 2.75) is 40.5 Å². The zero-order valence-electron chi connectivity index (χ0n) is 11.4. The average Bonchev–Trinajstić information content (AvgIpc) is 2.71. The lowest BCUT2D eigenvalue weighted by atomic mass is 10.0. The molecular formula is C14H19N3O. The van der Waals surface area contributed by atoms with Gasteiger partial charge < -0.3 is 4.98 Å². The largest absolute Gasteiger partial charge is 0.340 e. The highest BCUT2D eigenvalue weighted by Gasteiger charge is 2.14. The maximum absolute atomic E-state index is 12.0. The number of ketones is 1. The molecule has 0 bridgehead atoms. The quantitative estimate of drug-likeness (QED) is 0.842. The van der Waals surface area contributed by atoms with Gasteiger partial charge in [-0.1, -0.05) is 20.8 Å². The monoisotopic (exact) mass is 245 g/mol. The lowest BCUT2D eigenvalue weighted by Crippen LogP contribution is -2.06. The van der Waals surface area contributed by atoms with E-state index in [1.165, 1.54) is 0 Å². The Bertz CT molecular complexity index is 584. The first-order valence-corrected chi connectivity index (χ1v) is 6.40. The van der Waals surface area contributed by atoms with Crippen molar-refractivity contribution in [3.05, 3.63) is 23.1 Å². The normalized spacial score (nSPS) is 11.4. The van der Waals surface area contributed by atoms with E-state index in [-0.39, 0.29) is 5.78 Å². The minimum Gasteiger partial charge on any atom is -0.340 e. The van der Waals surface area contributed by atoms with Gasteiger partial charge in [0.05, 0.1) is 5.52 Å². The summed E-state index contributed by atoms with van der Waals surface area (Å²) in [5, 5.41) is 0. The van der Waals surface area contributed by atoms with Crippen LogP contribution in [0.25, 0.3) is 11.2 Å². The van der Waals surface area contributed by atoms with Crippen LogP contribution in [0.4, 0.5) is 0 Å². The van der Waals surface area contributed by atoms with E-state index in [0.717, 1.165) is 23.3 Å². The molecule has 2 heterocycles. The van der Waals surface area contributed by atoms with Crippen LogP contribution in [0.15, 0.2) is 6.07 Å². The van der Waals surface area contributed by atoms with Crippen LogP contribution < -0.4 is 0 Å². The maximum Gasteiger partial charge on any atom is 0.181 e. The molecule has 18 heavy (non-hydrogen) atoms. The van der Waals surface area contributed by atoms with E-state index in [2.05, 4.69) is 15.0 Å². The number of Topliss-reactive ketones (excluding diaryl/α,β-unsaturated/α-hetero) is 1. The zero-order valence-corrected chi connectivity index (χ0v) is 11.4. The van der Waals surface area contributed by atoms with Crippen molar-refractivity contribution in [1.29, 1.82) is 0 Å². The molecule has 4 heteroatoms. The van der Waals surface area contributed by atoms with E-state index in [0.29, 0.717) is 23.7 Å². The number of carbonyl (C=O) groups excluding carboxylic acids is 1. The Morgan fingerprint density at radius 3 is 2.72 bits per heavy atom. The number of aromatic amines is 1. The van der Waals surface area contributed by atoms with Gasteiger partial charge in [-0.15, -0.1) is 0 Å². The minimum atomic E-state index is 0.0936. The molecule has 0 aliphatic rings. The molecule has 0 fully saturated rings. The Morgan fingerprint density at radius 1 is 1.39 bits per heavy atom. The molecule has 2 rings (SSSR count). The SMILES string of the molecule is CCc1nc2nc(C(=O)CC(C)C)cc(C)c2[nH]1. The molecule has 0 saturated heterocycles. The Hall–Kier alpha value is -1.71. The standard InChI is InChI=1S/C14H19N3O/c1-5-12-16-13-9(4)7-10(15-14(13)17-12)11(18)6-8(2)3/h7-8H,5-6H2,1-4H3,(H,15,16,17). The maximum atomic E-state index is 12.0. The highest BCUT2D eigenvalue weighted by molar-refractivity contribution is 5.96. The fourth-order valence-corrected chi connectivity index (χ4v) is 1.98. The van der Waals surface area contributed by atoms with Crippen molar-refractivity contribution in [3.8, 4) is 0 Å². The predicted octanol–water partition coefficient (Wildman–Crippen LogP) is 3.06. The van der Waals surface area contributed by atoms with Crippen LogP contribution in [0.2, 0.25) is 0 Å². The number of carbonyl (C=O) groups is 1. The number of aromatic nitrogens is 3. The molecule has 0 amide bonds. The first-order chi connectivity index (χ1) is 8.51. The first kappa shape index (κ1) is 12.7. The van der Waals surface area contributed by atoms with E-state index in [4.69, 9.17) is 0 Å². The number of hydrogen-bond acceptors (Lipinski definition) is 3. The second-order valence-electron chi connectivity index (χ2n) is 5.08. The summed E-state index contributed by atoms with van der Waals surface area (Å²) in [4.78, 5) is 24.0. The van der Waals surface area contributed by atoms with Crippen molar-refractivity contribution in [3.63, 3.8) is 0 Å². The number of imidazole rings is 1. The molecule has 0 saturated carbocycles. The second-order valence-corrected chi connectivity index (χ2v) is 5.08. The van der Waals surface area contributed by atoms with Crippen molar-refractivity contribution in [2.75, 3.05) is 0 Å². The molecule has 0 aliphatic heterocycles. The summed E-state index contributed by atoms with van der Waals surface area (Å²) >= 11 is 0. The zero-order chi connectivity index (χ0) is 13.3. The van der Waals surface area contributed by atoms with Crippen LogP contribution in [0, 0.1) is 12.8 Å². The first-order valence-electron chi connectivity index (χ1n) is 6.40. The van der Waals surface area contributed by atoms with Crippen LogP contribution in [0.3, 0.4) is 0 Å². The van der Waals surface area contributed by atoms with Gasteiger partial charge in [-0.25, -0.2) is 9.97 Å². The van der Waals surface area contributed by atoms with Crippen molar-refractivity contribution < 1.29 is 4.79 Å². The predicted molar refractivity (Wildman–Crippen MR) is 71.8 cm³/mol. The number of rotatable bonds is 4. The summed E-state index contributed by atoms with van der Waals surface area (Å²) in [5.41, 5.74) is 3.15. The second kappa shape index (κ2) is 4.88. The summed E-state index contributed by atoms with van der Waals surface area (Å²) in [6, 6.07) is 1.85. The summed E-state index contributed by atoms with van der Waals surface area (Å²) in [6.45, 7) is 8.09. The molecule has 0 atom stereocenters. The molecule has 0 radical (unpaired) electrons. The number of H-pyrrole nitrogens is 1. The minimum absolute atomic E-state index is 0.0936. The van der Waals surface area contributed by atoms with Crippen LogP contribution in [-0.4, -0.2) is 20.7 Å². The van der Waals surface area contributed by atoms with Gasteiger partial charge in [0.25, 0.3) is 0 Å². The van der Waals surface area contributed by atoms with Gasteiger partial charge in [-0.05, 0) is 24.5 Å². The van der Waals surface area contributed by atoms with Gasteiger partial charge in [0.1, 0.15) is 11.5 Å². The lowest BCUT2D eigenvalue weighted by molar-refractivity contribution is 0.0963. The van der Waals surface area contributed by atoms with E-state index in [1.807, 2.05) is 33.8 Å². The van der Waals surface area contributed by atoms with E-state index >= 15 is 0 Å². The lowest BCUT2D eigenvalue weighted by Gasteiger charge is -2.04.